The lowest BCUT2D eigenvalue weighted by molar-refractivity contribution is 0.528. The van der Waals surface area contributed by atoms with Crippen LogP contribution in [-0.2, 0) is 0 Å². The second kappa shape index (κ2) is 6.12. The van der Waals surface area contributed by atoms with Gasteiger partial charge in [0, 0.05) is 40.1 Å². The van der Waals surface area contributed by atoms with Crippen LogP contribution in [0.3, 0.4) is 0 Å². The van der Waals surface area contributed by atoms with Crippen molar-refractivity contribution in [1.29, 1.82) is 0 Å². The SMILES string of the molecule is Cc1cc2c(NC(C)CCC(C)C)ccc(N)c2cn1. The molecule has 3 N–H and O–H groups in total. The van der Waals surface area contributed by atoms with E-state index in [1.807, 2.05) is 19.2 Å². The van der Waals surface area contributed by atoms with Gasteiger partial charge in [0.25, 0.3) is 0 Å². The molecule has 3 heteroatoms. The highest BCUT2D eigenvalue weighted by molar-refractivity contribution is 6.00. The Labute approximate surface area is 121 Å². The molecule has 3 nitrogen and oxygen atoms in total. The summed E-state index contributed by atoms with van der Waals surface area (Å²) in [6, 6.07) is 6.58. The van der Waals surface area contributed by atoms with Gasteiger partial charge in [0.05, 0.1) is 0 Å². The standard InChI is InChI=1S/C17H25N3/c1-11(2)5-6-12(3)20-17-8-7-16(18)15-10-19-13(4)9-14(15)17/h7-12,20H,5-6,18H2,1-4H3. The monoisotopic (exact) mass is 271 g/mol. The second-order valence-electron chi connectivity index (χ2n) is 6.09. The molecule has 0 aliphatic carbocycles. The molecule has 0 bridgehead atoms. The number of rotatable bonds is 5. The van der Waals surface area contributed by atoms with Crippen molar-refractivity contribution in [3.63, 3.8) is 0 Å². The van der Waals surface area contributed by atoms with Crippen LogP contribution in [0.5, 0.6) is 0 Å². The molecular weight excluding hydrogens is 246 g/mol. The van der Waals surface area contributed by atoms with Crippen molar-refractivity contribution in [2.45, 2.75) is 46.6 Å². The molecule has 0 fully saturated rings. The predicted octanol–water partition coefficient (Wildman–Crippen LogP) is 4.36. The number of nitrogen functional groups attached to an aromatic ring is 1. The molecule has 0 saturated heterocycles. The minimum Gasteiger partial charge on any atom is -0.398 e. The van der Waals surface area contributed by atoms with Crippen molar-refractivity contribution in [2.24, 2.45) is 5.92 Å². The van der Waals surface area contributed by atoms with Gasteiger partial charge in [-0.15, -0.1) is 0 Å². The first-order valence-electron chi connectivity index (χ1n) is 7.38. The van der Waals surface area contributed by atoms with Gasteiger partial charge in [-0.3, -0.25) is 4.98 Å². The van der Waals surface area contributed by atoms with E-state index in [4.69, 9.17) is 5.73 Å². The first-order chi connectivity index (χ1) is 9.47. The maximum absolute atomic E-state index is 6.04. The number of hydrogen-bond donors (Lipinski definition) is 2. The first-order valence-corrected chi connectivity index (χ1v) is 7.38. The summed E-state index contributed by atoms with van der Waals surface area (Å²) in [4.78, 5) is 4.34. The summed E-state index contributed by atoms with van der Waals surface area (Å²) in [7, 11) is 0. The normalized spacial score (nSPS) is 12.8. The van der Waals surface area contributed by atoms with Gasteiger partial charge in [-0.25, -0.2) is 0 Å². The van der Waals surface area contributed by atoms with E-state index >= 15 is 0 Å². The summed E-state index contributed by atoms with van der Waals surface area (Å²) < 4.78 is 0. The Morgan fingerprint density at radius 1 is 1.15 bits per heavy atom. The zero-order chi connectivity index (χ0) is 14.7. The van der Waals surface area contributed by atoms with Crippen LogP contribution in [0.15, 0.2) is 24.4 Å². The maximum Gasteiger partial charge on any atom is 0.0424 e. The van der Waals surface area contributed by atoms with Crippen LogP contribution in [0.4, 0.5) is 11.4 Å². The Balaban J connectivity index is 2.26. The minimum atomic E-state index is 0.456. The van der Waals surface area contributed by atoms with Gasteiger partial charge in [-0.1, -0.05) is 13.8 Å². The number of nitrogens with two attached hydrogens (primary N) is 1. The van der Waals surface area contributed by atoms with Gasteiger partial charge in [-0.2, -0.15) is 0 Å². The number of anilines is 2. The fourth-order valence-corrected chi connectivity index (χ4v) is 2.41. The quantitative estimate of drug-likeness (QED) is 0.794. The highest BCUT2D eigenvalue weighted by Gasteiger charge is 2.08. The number of nitrogens with zero attached hydrogens (tertiary/aromatic N) is 1. The molecule has 108 valence electrons. The summed E-state index contributed by atoms with van der Waals surface area (Å²) in [5.74, 6) is 0.744. The summed E-state index contributed by atoms with van der Waals surface area (Å²) >= 11 is 0. The Morgan fingerprint density at radius 3 is 2.60 bits per heavy atom. The van der Waals surface area contributed by atoms with E-state index in [2.05, 4.69) is 43.2 Å². The van der Waals surface area contributed by atoms with E-state index in [1.54, 1.807) is 0 Å². The topological polar surface area (TPSA) is 50.9 Å². The third-order valence-corrected chi connectivity index (χ3v) is 3.65. The molecule has 20 heavy (non-hydrogen) atoms. The van der Waals surface area contributed by atoms with Gasteiger partial charge in [0.15, 0.2) is 0 Å². The van der Waals surface area contributed by atoms with Crippen molar-refractivity contribution in [3.05, 3.63) is 30.1 Å². The van der Waals surface area contributed by atoms with E-state index in [1.165, 1.54) is 12.8 Å². The number of aromatic nitrogens is 1. The van der Waals surface area contributed by atoms with Crippen LogP contribution in [0.25, 0.3) is 10.8 Å². The van der Waals surface area contributed by atoms with Crippen LogP contribution in [0.2, 0.25) is 0 Å². The lowest BCUT2D eigenvalue weighted by Crippen LogP contribution is -2.16. The van der Waals surface area contributed by atoms with E-state index in [0.717, 1.165) is 33.8 Å². The number of pyridine rings is 1. The van der Waals surface area contributed by atoms with E-state index < -0.39 is 0 Å². The molecule has 0 saturated carbocycles. The van der Waals surface area contributed by atoms with Crippen LogP contribution >= 0.6 is 0 Å². The summed E-state index contributed by atoms with van der Waals surface area (Å²) in [6.45, 7) is 8.77. The number of benzene rings is 1. The third kappa shape index (κ3) is 3.41. The summed E-state index contributed by atoms with van der Waals surface area (Å²) in [6.07, 6.45) is 4.28. The number of hydrogen-bond acceptors (Lipinski definition) is 3. The lowest BCUT2D eigenvalue weighted by Gasteiger charge is -2.18. The number of aryl methyl sites for hydroxylation is 1. The fraction of sp³-hybridized carbons (Fsp3) is 0.471. The Bertz CT molecular complexity index is 590. The molecule has 1 atom stereocenters. The molecule has 0 aliphatic heterocycles. The van der Waals surface area contributed by atoms with Crippen molar-refractivity contribution in [3.8, 4) is 0 Å². The zero-order valence-corrected chi connectivity index (χ0v) is 12.9. The molecule has 1 unspecified atom stereocenters. The molecule has 0 aliphatic rings. The summed E-state index contributed by atoms with van der Waals surface area (Å²) in [5.41, 5.74) is 8.99. The third-order valence-electron chi connectivity index (χ3n) is 3.65. The van der Waals surface area contributed by atoms with E-state index in [-0.39, 0.29) is 0 Å². The Hall–Kier alpha value is -1.77. The summed E-state index contributed by atoms with van der Waals surface area (Å²) in [5, 5.41) is 5.80. The Kier molecular flexibility index (Phi) is 4.48. The average molecular weight is 271 g/mol. The van der Waals surface area contributed by atoms with Gasteiger partial charge < -0.3 is 11.1 Å². The predicted molar refractivity (Wildman–Crippen MR) is 88.0 cm³/mol. The largest absolute Gasteiger partial charge is 0.398 e. The van der Waals surface area contributed by atoms with Crippen molar-refractivity contribution >= 4 is 22.1 Å². The molecule has 0 amide bonds. The highest BCUT2D eigenvalue weighted by Crippen LogP contribution is 2.29. The van der Waals surface area contributed by atoms with Crippen molar-refractivity contribution in [1.82, 2.24) is 4.98 Å². The fourth-order valence-electron chi connectivity index (χ4n) is 2.41. The molecule has 1 heterocycles. The molecule has 2 aromatic rings. The van der Waals surface area contributed by atoms with Crippen LogP contribution in [-0.4, -0.2) is 11.0 Å². The van der Waals surface area contributed by atoms with Gasteiger partial charge in [0.1, 0.15) is 0 Å². The first kappa shape index (κ1) is 14.6. The minimum absolute atomic E-state index is 0.456. The van der Waals surface area contributed by atoms with Crippen molar-refractivity contribution < 1.29 is 0 Å². The zero-order valence-electron chi connectivity index (χ0n) is 12.9. The highest BCUT2D eigenvalue weighted by atomic mass is 14.9. The van der Waals surface area contributed by atoms with Crippen LogP contribution in [0, 0.1) is 12.8 Å². The molecule has 0 radical (unpaired) electrons. The molecule has 2 rings (SSSR count). The maximum atomic E-state index is 6.04. The smallest absolute Gasteiger partial charge is 0.0424 e. The molecule has 0 spiro atoms. The number of nitrogens with one attached hydrogen (secondary N) is 1. The number of fused-ring (bicyclic) bond motifs is 1. The lowest BCUT2D eigenvalue weighted by atomic mass is 10.0. The van der Waals surface area contributed by atoms with E-state index in [9.17, 15) is 0 Å². The molecular formula is C17H25N3. The molecule has 1 aromatic heterocycles. The van der Waals surface area contributed by atoms with Gasteiger partial charge in [-0.05, 0) is 50.8 Å². The van der Waals surface area contributed by atoms with E-state index in [0.29, 0.717) is 6.04 Å². The van der Waals surface area contributed by atoms with Gasteiger partial charge >= 0.3 is 0 Å². The van der Waals surface area contributed by atoms with Crippen molar-refractivity contribution in [2.75, 3.05) is 11.1 Å². The molecule has 1 aromatic carbocycles. The van der Waals surface area contributed by atoms with Crippen LogP contribution in [0.1, 0.15) is 39.3 Å². The second-order valence-corrected chi connectivity index (χ2v) is 6.09. The Morgan fingerprint density at radius 2 is 1.90 bits per heavy atom. The van der Waals surface area contributed by atoms with Crippen LogP contribution < -0.4 is 11.1 Å². The average Bonchev–Trinajstić information content (AvgIpc) is 2.39. The van der Waals surface area contributed by atoms with Gasteiger partial charge in [0.2, 0.25) is 0 Å².